The van der Waals surface area contributed by atoms with Gasteiger partial charge in [-0.15, -0.1) is 0 Å². The van der Waals surface area contributed by atoms with Gasteiger partial charge in [-0.25, -0.2) is 4.98 Å². The van der Waals surface area contributed by atoms with Crippen LogP contribution in [0.2, 0.25) is 15.1 Å². The molecule has 0 atom stereocenters. The number of hydrogen-bond donors (Lipinski definition) is 1. The van der Waals surface area contributed by atoms with Gasteiger partial charge in [0.2, 0.25) is 10.9 Å². The number of pyridine rings is 2. The number of nitrogens with zero attached hydrogens (tertiary/aromatic N) is 2. The molecule has 4 aromatic carbocycles. The summed E-state index contributed by atoms with van der Waals surface area (Å²) in [7, 11) is 0. The van der Waals surface area contributed by atoms with Crippen molar-refractivity contribution in [2.75, 3.05) is 5.73 Å². The van der Waals surface area contributed by atoms with E-state index in [9.17, 15) is 9.59 Å². The summed E-state index contributed by atoms with van der Waals surface area (Å²) in [6.07, 6.45) is 2.97. The molecule has 0 amide bonds. The van der Waals surface area contributed by atoms with Gasteiger partial charge in [-0.2, -0.15) is 0 Å². The van der Waals surface area contributed by atoms with Crippen molar-refractivity contribution in [3.63, 3.8) is 0 Å². The summed E-state index contributed by atoms with van der Waals surface area (Å²) in [5.74, 6) is 0. The van der Waals surface area contributed by atoms with Crippen molar-refractivity contribution < 1.29 is 0 Å². The van der Waals surface area contributed by atoms with Gasteiger partial charge >= 0.3 is 0 Å². The van der Waals surface area contributed by atoms with Gasteiger partial charge in [0.05, 0.1) is 16.9 Å². The molecule has 36 heavy (non-hydrogen) atoms. The molecule has 8 heteroatoms. The fourth-order valence-corrected chi connectivity index (χ4v) is 4.49. The Kier molecular flexibility index (Phi) is 6.46. The smallest absolute Gasteiger partial charge is 0.212 e. The van der Waals surface area contributed by atoms with Crippen LogP contribution in [-0.2, 0) is 0 Å². The number of hydrogen-bond acceptors (Lipinski definition) is 5. The molecule has 0 aliphatic heterocycles. The Morgan fingerprint density at radius 1 is 0.528 bits per heavy atom. The first-order valence-corrected chi connectivity index (χ1v) is 11.9. The number of halogens is 3. The summed E-state index contributed by atoms with van der Waals surface area (Å²) >= 11 is 17.8. The van der Waals surface area contributed by atoms with Crippen molar-refractivity contribution >= 4 is 83.8 Å². The highest BCUT2D eigenvalue weighted by Crippen LogP contribution is 2.21. The minimum Gasteiger partial charge on any atom is -0.397 e. The Morgan fingerprint density at radius 2 is 0.972 bits per heavy atom. The second kappa shape index (κ2) is 9.70. The number of nitrogens with two attached hydrogens (primary N) is 1. The molecule has 2 N–H and O–H groups in total. The van der Waals surface area contributed by atoms with Crippen molar-refractivity contribution in [1.29, 1.82) is 0 Å². The average Bonchev–Trinajstić information content (AvgIpc) is 3.07. The first kappa shape index (κ1) is 23.9. The second-order valence-electron chi connectivity index (χ2n) is 8.09. The number of fused-ring (bicyclic) bond motifs is 4. The maximum atomic E-state index is 12.4. The molecule has 0 spiro atoms. The van der Waals surface area contributed by atoms with Gasteiger partial charge in [-0.3, -0.25) is 14.6 Å². The molecule has 0 saturated heterocycles. The minimum absolute atomic E-state index is 0.110. The lowest BCUT2D eigenvalue weighted by molar-refractivity contribution is 1.41. The van der Waals surface area contributed by atoms with E-state index in [0.717, 1.165) is 21.5 Å². The van der Waals surface area contributed by atoms with E-state index in [0.29, 0.717) is 42.6 Å². The Labute approximate surface area is 219 Å². The van der Waals surface area contributed by atoms with Gasteiger partial charge < -0.3 is 5.73 Å². The normalized spacial score (nSPS) is 11.0. The van der Waals surface area contributed by atoms with Gasteiger partial charge in [0.1, 0.15) is 11.0 Å². The molecular formula is C28H16Cl3N3O2. The van der Waals surface area contributed by atoms with Crippen LogP contribution < -0.4 is 16.6 Å². The quantitative estimate of drug-likeness (QED) is 0.227. The summed E-state index contributed by atoms with van der Waals surface area (Å²) in [5.41, 5.74) is 6.83. The molecule has 0 aliphatic carbocycles. The Hall–Kier alpha value is -3.77. The Morgan fingerprint density at radius 3 is 1.53 bits per heavy atom. The van der Waals surface area contributed by atoms with Crippen molar-refractivity contribution in [2.24, 2.45) is 0 Å². The standard InChI is InChI=1S/C14H7Cl2NO.C14H9ClN2O/c2*15-10-3-4-12-8(5-10)1-2-9-6-11(16)7-17-13(9)14(12)18/h1-7H;1-7H,16H2. The highest BCUT2D eigenvalue weighted by atomic mass is 35.5. The minimum atomic E-state index is -0.113. The summed E-state index contributed by atoms with van der Waals surface area (Å²) < 4.78 is 0. The third-order valence-corrected chi connectivity index (χ3v) is 6.33. The van der Waals surface area contributed by atoms with Crippen LogP contribution >= 0.6 is 34.8 Å². The maximum Gasteiger partial charge on any atom is 0.212 e. The first-order chi connectivity index (χ1) is 17.3. The predicted molar refractivity (Wildman–Crippen MR) is 150 cm³/mol. The highest BCUT2D eigenvalue weighted by molar-refractivity contribution is 6.32. The first-order valence-electron chi connectivity index (χ1n) is 10.8. The highest BCUT2D eigenvalue weighted by Gasteiger charge is 2.05. The molecule has 6 rings (SSSR count). The van der Waals surface area contributed by atoms with Crippen molar-refractivity contribution in [1.82, 2.24) is 9.97 Å². The fraction of sp³-hybridized carbons (Fsp3) is 0. The topological polar surface area (TPSA) is 85.9 Å². The predicted octanol–water partition coefficient (Wildman–Crippen LogP) is 7.04. The summed E-state index contributed by atoms with van der Waals surface area (Å²) in [6.45, 7) is 0. The molecule has 0 saturated carbocycles. The van der Waals surface area contributed by atoms with Gasteiger partial charge in [0.15, 0.2) is 0 Å². The number of nitrogen functional groups attached to an aromatic ring is 1. The maximum absolute atomic E-state index is 12.4. The molecule has 6 aromatic rings. The van der Waals surface area contributed by atoms with Gasteiger partial charge in [0.25, 0.3) is 0 Å². The molecule has 0 radical (unpaired) electrons. The van der Waals surface area contributed by atoms with Gasteiger partial charge in [-0.1, -0.05) is 59.1 Å². The van der Waals surface area contributed by atoms with Crippen LogP contribution in [0.3, 0.4) is 0 Å². The summed E-state index contributed by atoms with van der Waals surface area (Å²) in [4.78, 5) is 33.0. The zero-order valence-electron chi connectivity index (χ0n) is 18.5. The van der Waals surface area contributed by atoms with Gasteiger partial charge in [-0.05, 0) is 59.3 Å². The summed E-state index contributed by atoms with van der Waals surface area (Å²) in [6, 6.07) is 21.2. The number of rotatable bonds is 0. The second-order valence-corrected chi connectivity index (χ2v) is 9.40. The molecule has 0 bridgehead atoms. The number of aromatic nitrogens is 2. The number of anilines is 1. The van der Waals surface area contributed by atoms with Crippen LogP contribution in [0.25, 0.3) is 43.4 Å². The van der Waals surface area contributed by atoms with Crippen LogP contribution in [0.4, 0.5) is 5.69 Å². The van der Waals surface area contributed by atoms with E-state index in [-0.39, 0.29) is 10.9 Å². The SMILES string of the molecule is Nc1cnc2c(=O)c3ccc(Cl)cc3ccc2c1.O=c1c2ccc(Cl)cc2ccc2cc(Cl)cnc12. The van der Waals surface area contributed by atoms with Crippen LogP contribution in [-0.4, -0.2) is 9.97 Å². The molecule has 0 aliphatic rings. The van der Waals surface area contributed by atoms with Crippen LogP contribution in [0.1, 0.15) is 0 Å². The van der Waals surface area contributed by atoms with E-state index in [1.807, 2.05) is 24.3 Å². The largest absolute Gasteiger partial charge is 0.397 e. The zero-order valence-corrected chi connectivity index (χ0v) is 20.8. The molecule has 0 fully saturated rings. The molecule has 5 nitrogen and oxygen atoms in total. The van der Waals surface area contributed by atoms with E-state index >= 15 is 0 Å². The molecule has 0 unspecified atom stereocenters. The zero-order chi connectivity index (χ0) is 25.4. The fourth-order valence-electron chi connectivity index (χ4n) is 3.96. The molecule has 176 valence electrons. The van der Waals surface area contributed by atoms with Crippen LogP contribution in [0, 0.1) is 0 Å². The van der Waals surface area contributed by atoms with E-state index in [2.05, 4.69) is 9.97 Å². The molecule has 2 heterocycles. The van der Waals surface area contributed by atoms with E-state index < -0.39 is 0 Å². The third kappa shape index (κ3) is 4.69. The van der Waals surface area contributed by atoms with Crippen molar-refractivity contribution in [3.05, 3.63) is 121 Å². The van der Waals surface area contributed by atoms with Gasteiger partial charge in [0, 0.05) is 37.8 Å². The lowest BCUT2D eigenvalue weighted by Crippen LogP contribution is -2.01. The Balaban J connectivity index is 0.000000148. The van der Waals surface area contributed by atoms with E-state index in [1.165, 1.54) is 12.4 Å². The molecular weight excluding hydrogens is 517 g/mol. The van der Waals surface area contributed by atoms with Crippen molar-refractivity contribution in [3.8, 4) is 0 Å². The van der Waals surface area contributed by atoms with Crippen LogP contribution in [0.15, 0.2) is 94.8 Å². The molecule has 2 aromatic heterocycles. The van der Waals surface area contributed by atoms with Crippen LogP contribution in [0.5, 0.6) is 0 Å². The summed E-state index contributed by atoms with van der Waals surface area (Å²) in [5, 5.41) is 5.96. The van der Waals surface area contributed by atoms with E-state index in [1.54, 1.807) is 48.5 Å². The average molecular weight is 533 g/mol. The Bertz CT molecular complexity index is 1670. The lowest BCUT2D eigenvalue weighted by Gasteiger charge is -1.94. The van der Waals surface area contributed by atoms with E-state index in [4.69, 9.17) is 40.5 Å². The lowest BCUT2D eigenvalue weighted by atomic mass is 10.2. The number of benzene rings is 2. The third-order valence-electron chi connectivity index (χ3n) is 5.65. The van der Waals surface area contributed by atoms with Crippen molar-refractivity contribution in [2.45, 2.75) is 0 Å². The monoisotopic (exact) mass is 531 g/mol.